The van der Waals surface area contributed by atoms with Crippen LogP contribution in [-0.2, 0) is 0 Å². The molecule has 3 rings (SSSR count). The Balaban J connectivity index is 1.99. The van der Waals surface area contributed by atoms with E-state index in [1.54, 1.807) is 13.0 Å². The molecule has 19 heavy (non-hydrogen) atoms. The van der Waals surface area contributed by atoms with Crippen molar-refractivity contribution in [3.63, 3.8) is 0 Å². The molecule has 0 radical (unpaired) electrons. The van der Waals surface area contributed by atoms with E-state index in [0.717, 1.165) is 24.8 Å². The molecule has 2 fully saturated rings. The largest absolute Gasteiger partial charge is 0.387 e. The van der Waals surface area contributed by atoms with Crippen molar-refractivity contribution in [1.29, 1.82) is 5.26 Å². The summed E-state index contributed by atoms with van der Waals surface area (Å²) in [6.07, 6.45) is 3.27. The number of aliphatic hydroxyl groups is 1. The number of hydrogen-bond acceptors (Lipinski definition) is 2. The van der Waals surface area contributed by atoms with Gasteiger partial charge in [-0.3, -0.25) is 0 Å². The molecule has 0 spiro atoms. The molecule has 4 atom stereocenters. The molecule has 2 aliphatic rings. The molecule has 1 N–H and O–H groups in total. The lowest BCUT2D eigenvalue weighted by atomic mass is 9.68. The maximum Gasteiger partial charge on any atom is 0.123 e. The number of nitrogens with zero attached hydrogens (tertiary/aromatic N) is 1. The maximum absolute atomic E-state index is 13.2. The second-order valence-corrected chi connectivity index (χ2v) is 6.14. The number of nitriles is 1. The molecule has 2 saturated carbocycles. The van der Waals surface area contributed by atoms with E-state index in [1.165, 1.54) is 18.6 Å². The van der Waals surface area contributed by atoms with Crippen molar-refractivity contribution in [2.45, 2.75) is 38.7 Å². The lowest BCUT2D eigenvalue weighted by Crippen LogP contribution is -2.33. The Morgan fingerprint density at radius 3 is 2.79 bits per heavy atom. The summed E-state index contributed by atoms with van der Waals surface area (Å²) >= 11 is 0. The predicted octanol–water partition coefficient (Wildman–Crippen LogP) is 3.50. The Morgan fingerprint density at radius 2 is 2.26 bits per heavy atom. The minimum Gasteiger partial charge on any atom is -0.387 e. The first kappa shape index (κ1) is 12.6. The van der Waals surface area contributed by atoms with Crippen LogP contribution in [-0.4, -0.2) is 5.11 Å². The maximum atomic E-state index is 13.2. The second-order valence-electron chi connectivity index (χ2n) is 6.14. The van der Waals surface area contributed by atoms with Crippen LogP contribution in [0.4, 0.5) is 4.39 Å². The molecular formula is C16H18FNO. The average Bonchev–Trinajstić information content (AvgIpc) is 2.98. The van der Waals surface area contributed by atoms with Crippen molar-refractivity contribution >= 4 is 0 Å². The number of aryl methyl sites for hydroxylation is 1. The molecule has 2 nitrogen and oxygen atoms in total. The van der Waals surface area contributed by atoms with E-state index in [1.807, 2.05) is 0 Å². The number of benzene rings is 1. The van der Waals surface area contributed by atoms with Gasteiger partial charge in [-0.15, -0.1) is 0 Å². The molecule has 100 valence electrons. The van der Waals surface area contributed by atoms with Gasteiger partial charge in [0.05, 0.1) is 17.6 Å². The van der Waals surface area contributed by atoms with Crippen LogP contribution in [0.3, 0.4) is 0 Å². The molecule has 0 heterocycles. The Labute approximate surface area is 112 Å². The third kappa shape index (κ3) is 1.78. The number of hydrogen-bond donors (Lipinski definition) is 1. The summed E-state index contributed by atoms with van der Waals surface area (Å²) in [6, 6.07) is 6.82. The van der Waals surface area contributed by atoms with E-state index in [-0.39, 0.29) is 5.82 Å². The van der Waals surface area contributed by atoms with Crippen LogP contribution in [0.15, 0.2) is 18.2 Å². The SMILES string of the molecule is Cc1cc(F)ccc1C(O)C1(C#N)CC2CCC1C2. The summed E-state index contributed by atoms with van der Waals surface area (Å²) in [4.78, 5) is 0. The summed E-state index contributed by atoms with van der Waals surface area (Å²) in [5, 5.41) is 20.4. The number of fused-ring (bicyclic) bond motifs is 2. The molecule has 4 unspecified atom stereocenters. The highest BCUT2D eigenvalue weighted by molar-refractivity contribution is 5.33. The van der Waals surface area contributed by atoms with Gasteiger partial charge in [0.25, 0.3) is 0 Å². The van der Waals surface area contributed by atoms with Gasteiger partial charge in [-0.25, -0.2) is 4.39 Å². The zero-order valence-electron chi connectivity index (χ0n) is 11.1. The molecule has 3 heteroatoms. The van der Waals surface area contributed by atoms with E-state index >= 15 is 0 Å². The van der Waals surface area contributed by atoms with Crippen molar-refractivity contribution < 1.29 is 9.50 Å². The topological polar surface area (TPSA) is 44.0 Å². The van der Waals surface area contributed by atoms with E-state index in [4.69, 9.17) is 0 Å². The normalized spacial score (nSPS) is 34.2. The average molecular weight is 259 g/mol. The summed E-state index contributed by atoms with van der Waals surface area (Å²) in [6.45, 7) is 1.79. The minimum absolute atomic E-state index is 0.293. The fourth-order valence-electron chi connectivity index (χ4n) is 4.13. The molecule has 0 aliphatic heterocycles. The zero-order valence-corrected chi connectivity index (χ0v) is 11.1. The molecule has 0 amide bonds. The van der Waals surface area contributed by atoms with Crippen LogP contribution in [0.2, 0.25) is 0 Å². The third-order valence-corrected chi connectivity index (χ3v) is 5.12. The first-order valence-electron chi connectivity index (χ1n) is 6.92. The molecule has 2 bridgehead atoms. The Morgan fingerprint density at radius 1 is 1.47 bits per heavy atom. The van der Waals surface area contributed by atoms with Gasteiger partial charge in [0.2, 0.25) is 0 Å². The highest BCUT2D eigenvalue weighted by Crippen LogP contribution is 2.60. The van der Waals surface area contributed by atoms with Gasteiger partial charge in [0, 0.05) is 0 Å². The van der Waals surface area contributed by atoms with Gasteiger partial charge >= 0.3 is 0 Å². The molecule has 1 aromatic rings. The summed E-state index contributed by atoms with van der Waals surface area (Å²) < 4.78 is 13.2. The third-order valence-electron chi connectivity index (χ3n) is 5.12. The smallest absolute Gasteiger partial charge is 0.123 e. The first-order valence-corrected chi connectivity index (χ1v) is 6.92. The van der Waals surface area contributed by atoms with Crippen LogP contribution < -0.4 is 0 Å². The quantitative estimate of drug-likeness (QED) is 0.883. The van der Waals surface area contributed by atoms with Gasteiger partial charge < -0.3 is 5.11 Å². The second kappa shape index (κ2) is 4.31. The van der Waals surface area contributed by atoms with Gasteiger partial charge in [-0.2, -0.15) is 5.26 Å². The van der Waals surface area contributed by atoms with Gasteiger partial charge in [0.15, 0.2) is 0 Å². The number of aliphatic hydroxyl groups excluding tert-OH is 1. The monoisotopic (exact) mass is 259 g/mol. The first-order chi connectivity index (χ1) is 9.06. The van der Waals surface area contributed by atoms with E-state index in [0.29, 0.717) is 17.4 Å². The summed E-state index contributed by atoms with van der Waals surface area (Å²) in [7, 11) is 0. The van der Waals surface area contributed by atoms with Crippen LogP contribution in [0.1, 0.15) is 42.9 Å². The molecule has 0 saturated heterocycles. The van der Waals surface area contributed by atoms with Crippen molar-refractivity contribution in [3.05, 3.63) is 35.1 Å². The van der Waals surface area contributed by atoms with Crippen LogP contribution in [0.5, 0.6) is 0 Å². The Kier molecular flexibility index (Phi) is 2.87. The molecule has 0 aromatic heterocycles. The van der Waals surface area contributed by atoms with Crippen LogP contribution >= 0.6 is 0 Å². The minimum atomic E-state index is -0.798. The highest BCUT2D eigenvalue weighted by atomic mass is 19.1. The molecule has 2 aliphatic carbocycles. The Bertz CT molecular complexity index is 550. The zero-order chi connectivity index (χ0) is 13.6. The van der Waals surface area contributed by atoms with Gasteiger partial charge in [0.1, 0.15) is 5.82 Å². The Hall–Kier alpha value is -1.40. The fourth-order valence-corrected chi connectivity index (χ4v) is 4.13. The van der Waals surface area contributed by atoms with E-state index in [9.17, 15) is 14.8 Å². The molecule has 1 aromatic carbocycles. The van der Waals surface area contributed by atoms with Crippen molar-refractivity contribution in [3.8, 4) is 6.07 Å². The van der Waals surface area contributed by atoms with Crippen LogP contribution in [0.25, 0.3) is 0 Å². The van der Waals surface area contributed by atoms with E-state index < -0.39 is 11.5 Å². The van der Waals surface area contributed by atoms with E-state index in [2.05, 4.69) is 6.07 Å². The lowest BCUT2D eigenvalue weighted by Gasteiger charge is -2.36. The highest BCUT2D eigenvalue weighted by Gasteiger charge is 2.55. The van der Waals surface area contributed by atoms with Crippen LogP contribution in [0, 0.1) is 41.3 Å². The summed E-state index contributed by atoms with van der Waals surface area (Å²) in [5.41, 5.74) is 0.770. The van der Waals surface area contributed by atoms with Crippen molar-refractivity contribution in [2.75, 3.05) is 0 Å². The fraction of sp³-hybridized carbons (Fsp3) is 0.562. The molecular weight excluding hydrogens is 241 g/mol. The van der Waals surface area contributed by atoms with Gasteiger partial charge in [-0.05, 0) is 61.3 Å². The van der Waals surface area contributed by atoms with Crippen molar-refractivity contribution in [2.24, 2.45) is 17.3 Å². The van der Waals surface area contributed by atoms with Gasteiger partial charge in [-0.1, -0.05) is 12.5 Å². The summed E-state index contributed by atoms with van der Waals surface area (Å²) in [5.74, 6) is 0.578. The predicted molar refractivity (Wildman–Crippen MR) is 69.6 cm³/mol. The lowest BCUT2D eigenvalue weighted by molar-refractivity contribution is 0.0228. The number of halogens is 1. The number of rotatable bonds is 2. The standard InChI is InChI=1S/C16H18FNO/c1-10-6-13(17)4-5-14(10)15(19)16(9-18)8-11-2-3-12(16)7-11/h4-6,11-12,15,19H,2-3,7-8H2,1H3. The van der Waals surface area contributed by atoms with Crippen molar-refractivity contribution in [1.82, 2.24) is 0 Å².